The van der Waals surface area contributed by atoms with Crippen molar-refractivity contribution in [1.29, 1.82) is 0 Å². The Bertz CT molecular complexity index is 548. The van der Waals surface area contributed by atoms with E-state index in [-0.39, 0.29) is 17.0 Å². The Labute approximate surface area is 137 Å². The van der Waals surface area contributed by atoms with E-state index in [4.69, 9.17) is 0 Å². The Hall–Kier alpha value is -1.70. The maximum atomic E-state index is 12.1. The van der Waals surface area contributed by atoms with Gasteiger partial charge in [0.1, 0.15) is 5.75 Å². The van der Waals surface area contributed by atoms with Gasteiger partial charge in [-0.05, 0) is 38.5 Å². The highest BCUT2D eigenvalue weighted by Gasteiger charge is 2.18. The Balaban J connectivity index is 2.35. The summed E-state index contributed by atoms with van der Waals surface area (Å²) in [4.78, 5) is 11.6. The first-order chi connectivity index (χ1) is 10.7. The first-order valence-corrected chi connectivity index (χ1v) is 8.44. The lowest BCUT2D eigenvalue weighted by Gasteiger charge is -2.17. The first kappa shape index (κ1) is 19.3. The minimum absolute atomic E-state index is 0.0419. The van der Waals surface area contributed by atoms with Gasteiger partial charge in [0.25, 0.3) is 0 Å². The molecule has 0 fully saturated rings. The van der Waals surface area contributed by atoms with Gasteiger partial charge in [-0.2, -0.15) is 8.78 Å². The van der Waals surface area contributed by atoms with Gasteiger partial charge in [-0.15, -0.1) is 0 Å². The fourth-order valence-electron chi connectivity index (χ4n) is 1.64. The zero-order valence-electron chi connectivity index (χ0n) is 13.4. The molecule has 2 amide bonds. The first-order valence-electron chi connectivity index (χ1n) is 7.12. The lowest BCUT2D eigenvalue weighted by atomic mass is 10.2. The van der Waals surface area contributed by atoms with E-state index < -0.39 is 23.4 Å². The standard InChI is InChI=1S/C15H22F2N2O3S/c1-15(2,3)23(21)8-7-18-14(20)19-10-11-5-4-6-12(9-11)22-13(16)17/h4-6,9,13H,7-8,10H2,1-3H3,(H2,18,19,20). The molecule has 0 saturated carbocycles. The van der Waals surface area contributed by atoms with Crippen LogP contribution in [0.25, 0.3) is 0 Å². The number of carbonyl (C=O) groups is 1. The summed E-state index contributed by atoms with van der Waals surface area (Å²) in [5, 5.41) is 5.21. The molecule has 0 spiro atoms. The van der Waals surface area contributed by atoms with Crippen LogP contribution < -0.4 is 15.4 Å². The highest BCUT2D eigenvalue weighted by atomic mass is 32.2. The number of urea groups is 1. The van der Waals surface area contributed by atoms with Crippen molar-refractivity contribution in [3.8, 4) is 5.75 Å². The normalized spacial score (nSPS) is 12.8. The number of alkyl halides is 2. The number of carbonyl (C=O) groups excluding carboxylic acids is 1. The lowest BCUT2D eigenvalue weighted by Crippen LogP contribution is -2.38. The van der Waals surface area contributed by atoms with Crippen molar-refractivity contribution >= 4 is 16.8 Å². The van der Waals surface area contributed by atoms with Gasteiger partial charge >= 0.3 is 12.6 Å². The van der Waals surface area contributed by atoms with E-state index in [1.54, 1.807) is 12.1 Å². The SMILES string of the molecule is CC(C)(C)S(=O)CCNC(=O)NCc1cccc(OC(F)F)c1. The molecule has 0 heterocycles. The van der Waals surface area contributed by atoms with E-state index in [2.05, 4.69) is 15.4 Å². The molecule has 0 saturated heterocycles. The summed E-state index contributed by atoms with van der Waals surface area (Å²) in [6, 6.07) is 5.70. The van der Waals surface area contributed by atoms with Crippen LogP contribution in [0.2, 0.25) is 0 Å². The van der Waals surface area contributed by atoms with Crippen molar-refractivity contribution in [2.24, 2.45) is 0 Å². The lowest BCUT2D eigenvalue weighted by molar-refractivity contribution is -0.0498. The van der Waals surface area contributed by atoms with Gasteiger partial charge in [-0.3, -0.25) is 4.21 Å². The fourth-order valence-corrected chi connectivity index (χ4v) is 2.54. The molecule has 0 aliphatic rings. The van der Waals surface area contributed by atoms with Crippen molar-refractivity contribution in [2.45, 2.75) is 38.7 Å². The van der Waals surface area contributed by atoms with Crippen LogP contribution in [-0.4, -0.2) is 33.9 Å². The van der Waals surface area contributed by atoms with Crippen LogP contribution >= 0.6 is 0 Å². The summed E-state index contributed by atoms with van der Waals surface area (Å²) < 4.78 is 40.0. The molecule has 0 aliphatic carbocycles. The maximum Gasteiger partial charge on any atom is 0.387 e. The minimum atomic E-state index is -2.88. The van der Waals surface area contributed by atoms with E-state index in [1.807, 2.05) is 20.8 Å². The highest BCUT2D eigenvalue weighted by molar-refractivity contribution is 7.86. The van der Waals surface area contributed by atoms with Crippen LogP contribution in [0.4, 0.5) is 13.6 Å². The third kappa shape index (κ3) is 7.92. The van der Waals surface area contributed by atoms with Gasteiger partial charge in [-0.1, -0.05) is 12.1 Å². The number of halogens is 2. The van der Waals surface area contributed by atoms with Gasteiger partial charge < -0.3 is 15.4 Å². The van der Waals surface area contributed by atoms with E-state index in [0.717, 1.165) is 0 Å². The predicted molar refractivity (Wildman–Crippen MR) is 86.1 cm³/mol. The predicted octanol–water partition coefficient (Wildman–Crippen LogP) is 2.63. The molecule has 1 unspecified atom stereocenters. The molecule has 2 N–H and O–H groups in total. The maximum absolute atomic E-state index is 12.1. The summed E-state index contributed by atoms with van der Waals surface area (Å²) >= 11 is 0. The summed E-state index contributed by atoms with van der Waals surface area (Å²) in [7, 11) is -1.03. The second kappa shape index (κ2) is 8.81. The smallest absolute Gasteiger partial charge is 0.387 e. The van der Waals surface area contributed by atoms with Crippen LogP contribution in [0.3, 0.4) is 0 Å². The molecule has 1 rings (SSSR count). The molecule has 23 heavy (non-hydrogen) atoms. The number of benzene rings is 1. The molecular formula is C15H22F2N2O3S. The molecule has 0 aromatic heterocycles. The topological polar surface area (TPSA) is 67.4 Å². The van der Waals surface area contributed by atoms with Gasteiger partial charge in [0.15, 0.2) is 0 Å². The van der Waals surface area contributed by atoms with Crippen molar-refractivity contribution in [2.75, 3.05) is 12.3 Å². The largest absolute Gasteiger partial charge is 0.435 e. The van der Waals surface area contributed by atoms with Crippen LogP contribution in [0, 0.1) is 0 Å². The Morgan fingerprint density at radius 2 is 2.00 bits per heavy atom. The fraction of sp³-hybridized carbons (Fsp3) is 0.533. The van der Waals surface area contributed by atoms with Gasteiger partial charge in [0, 0.05) is 34.4 Å². The number of nitrogens with one attached hydrogen (secondary N) is 2. The number of hydrogen-bond acceptors (Lipinski definition) is 3. The second-order valence-electron chi connectivity index (χ2n) is 5.80. The highest BCUT2D eigenvalue weighted by Crippen LogP contribution is 2.15. The molecule has 0 radical (unpaired) electrons. The minimum Gasteiger partial charge on any atom is -0.435 e. The molecule has 1 aromatic carbocycles. The van der Waals surface area contributed by atoms with Crippen molar-refractivity contribution < 1.29 is 22.5 Å². The van der Waals surface area contributed by atoms with E-state index in [9.17, 15) is 17.8 Å². The molecule has 5 nitrogen and oxygen atoms in total. The van der Waals surface area contributed by atoms with Crippen LogP contribution in [0.1, 0.15) is 26.3 Å². The molecule has 0 aliphatic heterocycles. The van der Waals surface area contributed by atoms with Gasteiger partial charge in [0.2, 0.25) is 0 Å². The number of amides is 2. The summed E-state index contributed by atoms with van der Waals surface area (Å²) in [6.45, 7) is 3.21. The van der Waals surface area contributed by atoms with Crippen molar-refractivity contribution in [3.05, 3.63) is 29.8 Å². The number of hydrogen-bond donors (Lipinski definition) is 2. The van der Waals surface area contributed by atoms with E-state index >= 15 is 0 Å². The summed E-state index contributed by atoms with van der Waals surface area (Å²) in [6.07, 6.45) is 0. The van der Waals surface area contributed by atoms with Gasteiger partial charge in [-0.25, -0.2) is 4.79 Å². The van der Waals surface area contributed by atoms with Crippen molar-refractivity contribution in [1.82, 2.24) is 10.6 Å². The average Bonchev–Trinajstić information content (AvgIpc) is 2.43. The molecule has 1 aromatic rings. The number of rotatable bonds is 7. The quantitative estimate of drug-likeness (QED) is 0.796. The number of ether oxygens (including phenoxy) is 1. The third-order valence-corrected chi connectivity index (χ3v) is 4.77. The van der Waals surface area contributed by atoms with E-state index in [1.165, 1.54) is 12.1 Å². The average molecular weight is 348 g/mol. The van der Waals surface area contributed by atoms with Crippen LogP contribution in [0.5, 0.6) is 5.75 Å². The summed E-state index contributed by atoms with van der Waals surface area (Å²) in [5.74, 6) is 0.412. The van der Waals surface area contributed by atoms with Crippen LogP contribution in [-0.2, 0) is 17.3 Å². The van der Waals surface area contributed by atoms with Crippen molar-refractivity contribution in [3.63, 3.8) is 0 Å². The van der Waals surface area contributed by atoms with Gasteiger partial charge in [0.05, 0.1) is 0 Å². The van der Waals surface area contributed by atoms with E-state index in [0.29, 0.717) is 17.9 Å². The Morgan fingerprint density at radius 1 is 1.30 bits per heavy atom. The monoisotopic (exact) mass is 348 g/mol. The third-order valence-electron chi connectivity index (χ3n) is 2.83. The zero-order valence-corrected chi connectivity index (χ0v) is 14.2. The molecule has 0 bridgehead atoms. The zero-order chi connectivity index (χ0) is 17.5. The Morgan fingerprint density at radius 3 is 2.61 bits per heavy atom. The summed E-state index contributed by atoms with van der Waals surface area (Å²) in [5.41, 5.74) is 0.636. The molecule has 1 atom stereocenters. The molecular weight excluding hydrogens is 326 g/mol. The Kier molecular flexibility index (Phi) is 7.41. The molecule has 8 heteroatoms. The molecule has 130 valence electrons. The second-order valence-corrected chi connectivity index (χ2v) is 8.12. The van der Waals surface area contributed by atoms with Crippen LogP contribution in [0.15, 0.2) is 24.3 Å².